The van der Waals surface area contributed by atoms with Gasteiger partial charge in [-0.25, -0.2) is 0 Å². The van der Waals surface area contributed by atoms with Crippen LogP contribution in [0.1, 0.15) is 105 Å². The molecule has 0 bridgehead atoms. The van der Waals surface area contributed by atoms with E-state index in [4.69, 9.17) is 0 Å². The van der Waals surface area contributed by atoms with Gasteiger partial charge in [0.2, 0.25) is 0 Å². The third kappa shape index (κ3) is 9.96. The van der Waals surface area contributed by atoms with E-state index in [0.29, 0.717) is 0 Å². The first-order chi connectivity index (χ1) is 11.3. The maximum absolute atomic E-state index is 10.9. The van der Waals surface area contributed by atoms with Gasteiger partial charge in [0.15, 0.2) is 6.29 Å². The molecule has 0 aliphatic rings. The SMILES string of the molecule is CCCCCCCCC(CCCCCC)Cc1ccc(C=O)s1. The summed E-state index contributed by atoms with van der Waals surface area (Å²) < 4.78 is 0. The van der Waals surface area contributed by atoms with Crippen molar-refractivity contribution in [2.45, 2.75) is 97.3 Å². The monoisotopic (exact) mass is 336 g/mol. The molecule has 1 heterocycles. The molecule has 2 heteroatoms. The zero-order valence-corrected chi connectivity index (χ0v) is 16.1. The van der Waals surface area contributed by atoms with Crippen LogP contribution in [0.5, 0.6) is 0 Å². The van der Waals surface area contributed by atoms with E-state index in [1.807, 2.05) is 6.07 Å². The fraction of sp³-hybridized carbons (Fsp3) is 0.762. The number of hydrogen-bond acceptors (Lipinski definition) is 2. The summed E-state index contributed by atoms with van der Waals surface area (Å²) >= 11 is 1.69. The molecule has 1 aromatic heterocycles. The lowest BCUT2D eigenvalue weighted by molar-refractivity contribution is 0.112. The lowest BCUT2D eigenvalue weighted by Gasteiger charge is -2.16. The van der Waals surface area contributed by atoms with Crippen LogP contribution in [0.25, 0.3) is 0 Å². The summed E-state index contributed by atoms with van der Waals surface area (Å²) in [5.74, 6) is 0.816. The Morgan fingerprint density at radius 2 is 1.43 bits per heavy atom. The second-order valence-electron chi connectivity index (χ2n) is 6.90. The highest BCUT2D eigenvalue weighted by Crippen LogP contribution is 2.26. The highest BCUT2D eigenvalue weighted by molar-refractivity contribution is 7.13. The standard InChI is InChI=1S/C21H36OS/c1-3-5-7-9-10-12-14-19(13-11-8-6-4-2)17-20-15-16-21(18-22)23-20/h15-16,18-19H,3-14,17H2,1-2H3. The Labute approximate surface area is 147 Å². The van der Waals surface area contributed by atoms with E-state index in [9.17, 15) is 4.79 Å². The maximum atomic E-state index is 10.9. The van der Waals surface area contributed by atoms with E-state index in [1.54, 1.807) is 11.3 Å². The highest BCUT2D eigenvalue weighted by atomic mass is 32.1. The molecule has 1 atom stereocenters. The van der Waals surface area contributed by atoms with Gasteiger partial charge >= 0.3 is 0 Å². The van der Waals surface area contributed by atoms with Crippen molar-refractivity contribution in [3.8, 4) is 0 Å². The van der Waals surface area contributed by atoms with Crippen LogP contribution in [0.15, 0.2) is 12.1 Å². The van der Waals surface area contributed by atoms with Gasteiger partial charge in [-0.1, -0.05) is 90.9 Å². The van der Waals surface area contributed by atoms with Crippen molar-refractivity contribution in [2.75, 3.05) is 0 Å². The molecule has 0 fully saturated rings. The van der Waals surface area contributed by atoms with Crippen LogP contribution >= 0.6 is 11.3 Å². The Hall–Kier alpha value is -0.630. The first-order valence-electron chi connectivity index (χ1n) is 9.84. The smallest absolute Gasteiger partial charge is 0.160 e. The first-order valence-corrected chi connectivity index (χ1v) is 10.7. The predicted octanol–water partition coefficient (Wildman–Crippen LogP) is 7.44. The van der Waals surface area contributed by atoms with Crippen molar-refractivity contribution in [2.24, 2.45) is 5.92 Å². The molecule has 0 spiro atoms. The quantitative estimate of drug-likeness (QED) is 0.240. The Kier molecular flexibility index (Phi) is 12.2. The van der Waals surface area contributed by atoms with Crippen molar-refractivity contribution in [1.29, 1.82) is 0 Å². The van der Waals surface area contributed by atoms with Gasteiger partial charge in [-0.05, 0) is 24.5 Å². The van der Waals surface area contributed by atoms with Crippen LogP contribution < -0.4 is 0 Å². The molecule has 1 nitrogen and oxygen atoms in total. The van der Waals surface area contributed by atoms with E-state index in [1.165, 1.54) is 88.3 Å². The number of carbonyl (C=O) groups excluding carboxylic acids is 1. The fourth-order valence-electron chi connectivity index (χ4n) is 3.27. The zero-order chi connectivity index (χ0) is 16.8. The third-order valence-electron chi connectivity index (χ3n) is 4.72. The molecule has 132 valence electrons. The summed E-state index contributed by atoms with van der Waals surface area (Å²) in [7, 11) is 0. The first kappa shape index (κ1) is 20.4. The van der Waals surface area contributed by atoms with Gasteiger partial charge < -0.3 is 0 Å². The Bertz CT molecular complexity index is 396. The number of rotatable bonds is 15. The molecule has 1 aromatic rings. The Morgan fingerprint density at radius 3 is 2.00 bits per heavy atom. The van der Waals surface area contributed by atoms with Crippen LogP contribution in [0.4, 0.5) is 0 Å². The molecule has 0 aromatic carbocycles. The summed E-state index contributed by atoms with van der Waals surface area (Å²) in [6, 6.07) is 4.14. The van der Waals surface area contributed by atoms with Gasteiger partial charge in [0.25, 0.3) is 0 Å². The van der Waals surface area contributed by atoms with Crippen LogP contribution in [-0.4, -0.2) is 6.29 Å². The molecule has 1 unspecified atom stereocenters. The van der Waals surface area contributed by atoms with Crippen molar-refractivity contribution in [3.05, 3.63) is 21.9 Å². The molecule has 23 heavy (non-hydrogen) atoms. The molecule has 0 amide bonds. The summed E-state index contributed by atoms with van der Waals surface area (Å²) in [6.07, 6.45) is 18.7. The molecule has 0 saturated heterocycles. The third-order valence-corrected chi connectivity index (χ3v) is 5.75. The summed E-state index contributed by atoms with van der Waals surface area (Å²) in [5, 5.41) is 0. The highest BCUT2D eigenvalue weighted by Gasteiger charge is 2.11. The molecule has 0 aliphatic heterocycles. The average Bonchev–Trinajstić information content (AvgIpc) is 3.02. The molecular formula is C21H36OS. The van der Waals surface area contributed by atoms with Gasteiger partial charge in [0.1, 0.15) is 0 Å². The van der Waals surface area contributed by atoms with Crippen LogP contribution in [0.2, 0.25) is 0 Å². The molecule has 0 N–H and O–H groups in total. The second kappa shape index (κ2) is 13.8. The fourth-order valence-corrected chi connectivity index (χ4v) is 4.22. The van der Waals surface area contributed by atoms with Gasteiger partial charge in [0, 0.05) is 4.88 Å². The van der Waals surface area contributed by atoms with Gasteiger partial charge in [-0.3, -0.25) is 4.79 Å². The van der Waals surface area contributed by atoms with Crippen LogP contribution in [-0.2, 0) is 6.42 Å². The van der Waals surface area contributed by atoms with E-state index < -0.39 is 0 Å². The summed E-state index contributed by atoms with van der Waals surface area (Å²) in [6.45, 7) is 4.56. The largest absolute Gasteiger partial charge is 0.297 e. The van der Waals surface area contributed by atoms with E-state index in [-0.39, 0.29) is 0 Å². The molecule has 0 radical (unpaired) electrons. The maximum Gasteiger partial charge on any atom is 0.160 e. The van der Waals surface area contributed by atoms with E-state index >= 15 is 0 Å². The summed E-state index contributed by atoms with van der Waals surface area (Å²) in [4.78, 5) is 13.1. The second-order valence-corrected chi connectivity index (χ2v) is 8.10. The Morgan fingerprint density at radius 1 is 0.870 bits per heavy atom. The van der Waals surface area contributed by atoms with E-state index in [0.717, 1.165) is 17.1 Å². The minimum Gasteiger partial charge on any atom is -0.297 e. The van der Waals surface area contributed by atoms with E-state index in [2.05, 4.69) is 19.9 Å². The molecule has 0 aliphatic carbocycles. The minimum atomic E-state index is 0.816. The number of aldehydes is 1. The predicted molar refractivity (Wildman–Crippen MR) is 104 cm³/mol. The number of thiophene rings is 1. The topological polar surface area (TPSA) is 17.1 Å². The van der Waals surface area contributed by atoms with Gasteiger partial charge in [0.05, 0.1) is 4.88 Å². The van der Waals surface area contributed by atoms with Crippen molar-refractivity contribution >= 4 is 17.6 Å². The molecule has 1 rings (SSSR count). The molecular weight excluding hydrogens is 300 g/mol. The van der Waals surface area contributed by atoms with Crippen molar-refractivity contribution < 1.29 is 4.79 Å². The lowest BCUT2D eigenvalue weighted by atomic mass is 9.91. The van der Waals surface area contributed by atoms with Crippen molar-refractivity contribution in [3.63, 3.8) is 0 Å². The van der Waals surface area contributed by atoms with Gasteiger partial charge in [-0.2, -0.15) is 0 Å². The minimum absolute atomic E-state index is 0.816. The number of hydrogen-bond donors (Lipinski definition) is 0. The van der Waals surface area contributed by atoms with Crippen LogP contribution in [0, 0.1) is 5.92 Å². The normalized spacial score (nSPS) is 12.4. The number of carbonyl (C=O) groups is 1. The van der Waals surface area contributed by atoms with Crippen molar-refractivity contribution in [1.82, 2.24) is 0 Å². The van der Waals surface area contributed by atoms with Crippen LogP contribution in [0.3, 0.4) is 0 Å². The van der Waals surface area contributed by atoms with Gasteiger partial charge in [-0.15, -0.1) is 11.3 Å². The summed E-state index contributed by atoms with van der Waals surface area (Å²) in [5.41, 5.74) is 0. The zero-order valence-electron chi connectivity index (χ0n) is 15.3. The Balaban J connectivity index is 2.33. The average molecular weight is 337 g/mol. The molecule has 0 saturated carbocycles. The number of unbranched alkanes of at least 4 members (excludes halogenated alkanes) is 8. The lowest BCUT2D eigenvalue weighted by Crippen LogP contribution is -2.04.